The summed E-state index contributed by atoms with van der Waals surface area (Å²) in [4.78, 5) is 19.1. The van der Waals surface area contributed by atoms with Gasteiger partial charge in [0.1, 0.15) is 12.7 Å². The molecule has 0 unspecified atom stereocenters. The van der Waals surface area contributed by atoms with Crippen molar-refractivity contribution in [2.75, 3.05) is 7.11 Å². The van der Waals surface area contributed by atoms with Gasteiger partial charge in [-0.15, -0.1) is 0 Å². The van der Waals surface area contributed by atoms with Crippen LogP contribution in [0.3, 0.4) is 0 Å². The molecule has 0 saturated carbocycles. The Kier molecular flexibility index (Phi) is 4.35. The first-order valence-corrected chi connectivity index (χ1v) is 7.20. The van der Waals surface area contributed by atoms with Crippen LogP contribution < -0.4 is 0 Å². The molecule has 0 radical (unpaired) electrons. The number of amides is 1. The Morgan fingerprint density at radius 3 is 2.80 bits per heavy atom. The Labute approximate surface area is 120 Å². The van der Waals surface area contributed by atoms with Gasteiger partial charge in [-0.05, 0) is 52.0 Å². The third-order valence-corrected chi connectivity index (χ3v) is 3.68. The molecule has 112 valence electrons. The summed E-state index contributed by atoms with van der Waals surface area (Å²) in [5, 5.41) is 3.85. The molecular weight excluding hydrogens is 256 g/mol. The van der Waals surface area contributed by atoms with Crippen LogP contribution >= 0.6 is 0 Å². The predicted octanol–water partition coefficient (Wildman–Crippen LogP) is 3.11. The van der Waals surface area contributed by atoms with Gasteiger partial charge >= 0.3 is 6.09 Å². The molecule has 0 aliphatic carbocycles. The van der Waals surface area contributed by atoms with Crippen molar-refractivity contribution in [3.63, 3.8) is 0 Å². The predicted molar refractivity (Wildman–Crippen MR) is 77.7 cm³/mol. The van der Waals surface area contributed by atoms with Crippen LogP contribution in [0, 0.1) is 0 Å². The van der Waals surface area contributed by atoms with E-state index in [1.165, 1.54) is 7.11 Å². The van der Waals surface area contributed by atoms with Crippen LogP contribution in [0.2, 0.25) is 0 Å². The van der Waals surface area contributed by atoms with E-state index in [4.69, 9.17) is 9.57 Å². The van der Waals surface area contributed by atoms with Gasteiger partial charge < -0.3 is 9.57 Å². The molecule has 2 bridgehead atoms. The number of hydrogen-bond donors (Lipinski definition) is 0. The van der Waals surface area contributed by atoms with Gasteiger partial charge in [0, 0.05) is 6.04 Å². The summed E-state index contributed by atoms with van der Waals surface area (Å²) < 4.78 is 5.55. The van der Waals surface area contributed by atoms with Gasteiger partial charge in [-0.3, -0.25) is 4.90 Å². The monoisotopic (exact) mass is 280 g/mol. The molecule has 0 aromatic heterocycles. The number of allylic oxidation sites excluding steroid dienone is 1. The van der Waals surface area contributed by atoms with Crippen molar-refractivity contribution in [2.45, 2.75) is 64.1 Å². The van der Waals surface area contributed by atoms with Crippen LogP contribution in [0.15, 0.2) is 16.8 Å². The average molecular weight is 280 g/mol. The fourth-order valence-corrected chi connectivity index (χ4v) is 2.92. The van der Waals surface area contributed by atoms with Crippen LogP contribution in [0.1, 0.15) is 46.5 Å². The minimum Gasteiger partial charge on any atom is -0.444 e. The third-order valence-electron chi connectivity index (χ3n) is 3.68. The highest BCUT2D eigenvalue weighted by molar-refractivity contribution is 5.82. The number of oxime groups is 1. The molecule has 20 heavy (non-hydrogen) atoms. The number of fused-ring (bicyclic) bond motifs is 2. The summed E-state index contributed by atoms with van der Waals surface area (Å²) in [6.45, 7) is 5.69. The highest BCUT2D eigenvalue weighted by Gasteiger charge is 2.41. The molecule has 5 heteroatoms. The van der Waals surface area contributed by atoms with Crippen molar-refractivity contribution < 1.29 is 14.4 Å². The van der Waals surface area contributed by atoms with E-state index in [9.17, 15) is 4.79 Å². The Hall–Kier alpha value is -1.52. The lowest BCUT2D eigenvalue weighted by Gasteiger charge is -2.31. The van der Waals surface area contributed by atoms with E-state index in [1.54, 1.807) is 6.21 Å². The molecule has 1 saturated heterocycles. The van der Waals surface area contributed by atoms with Crippen molar-refractivity contribution in [2.24, 2.45) is 5.16 Å². The zero-order valence-electron chi connectivity index (χ0n) is 12.8. The smallest absolute Gasteiger partial charge is 0.411 e. The first-order valence-electron chi connectivity index (χ1n) is 7.20. The molecule has 0 aromatic carbocycles. The van der Waals surface area contributed by atoms with E-state index in [-0.39, 0.29) is 18.2 Å². The van der Waals surface area contributed by atoms with Gasteiger partial charge in [0.15, 0.2) is 0 Å². The van der Waals surface area contributed by atoms with Crippen molar-refractivity contribution in [1.29, 1.82) is 0 Å². The van der Waals surface area contributed by atoms with Crippen LogP contribution in [0.5, 0.6) is 0 Å². The number of carbonyl (C=O) groups is 1. The van der Waals surface area contributed by atoms with E-state index in [0.717, 1.165) is 31.3 Å². The second-order valence-electron chi connectivity index (χ2n) is 6.33. The fraction of sp³-hybridized carbons (Fsp3) is 0.733. The van der Waals surface area contributed by atoms with Gasteiger partial charge in [0.05, 0.1) is 12.3 Å². The van der Waals surface area contributed by atoms with Crippen molar-refractivity contribution in [3.05, 3.63) is 11.6 Å². The summed E-state index contributed by atoms with van der Waals surface area (Å²) in [5.41, 5.74) is 0.588. The van der Waals surface area contributed by atoms with E-state index in [0.29, 0.717) is 0 Å². The fourth-order valence-electron chi connectivity index (χ4n) is 2.92. The van der Waals surface area contributed by atoms with E-state index < -0.39 is 5.60 Å². The van der Waals surface area contributed by atoms with Gasteiger partial charge in [-0.2, -0.15) is 0 Å². The molecule has 2 atom stereocenters. The molecule has 2 aliphatic rings. The summed E-state index contributed by atoms with van der Waals surface area (Å²) in [6, 6.07) is 0.343. The lowest BCUT2D eigenvalue weighted by molar-refractivity contribution is 0.0176. The minimum absolute atomic E-state index is 0.0660. The summed E-state index contributed by atoms with van der Waals surface area (Å²) in [5.74, 6) is 0. The van der Waals surface area contributed by atoms with Gasteiger partial charge in [-0.1, -0.05) is 11.2 Å². The van der Waals surface area contributed by atoms with E-state index in [1.807, 2.05) is 25.7 Å². The summed E-state index contributed by atoms with van der Waals surface area (Å²) >= 11 is 0. The SMILES string of the molecule is CO/N=C\C1=CCC[C@H]2CC[C@@H]1N2C(=O)OC(C)(C)C. The topological polar surface area (TPSA) is 51.1 Å². The van der Waals surface area contributed by atoms with Crippen LogP contribution in [0.4, 0.5) is 4.79 Å². The Bertz CT molecular complexity index is 423. The standard InChI is InChI=1S/C15H24N2O3/c1-15(2,3)20-14(18)17-12-7-5-6-11(10-16-19-4)13(17)9-8-12/h6,10,12-13H,5,7-9H2,1-4H3/b16-10-/t12-,13-/m0/s1. The van der Waals surface area contributed by atoms with Crippen LogP contribution in [-0.4, -0.2) is 42.0 Å². The zero-order valence-corrected chi connectivity index (χ0v) is 12.8. The zero-order chi connectivity index (χ0) is 14.8. The Morgan fingerprint density at radius 1 is 1.40 bits per heavy atom. The highest BCUT2D eigenvalue weighted by Crippen LogP contribution is 2.35. The lowest BCUT2D eigenvalue weighted by Crippen LogP contribution is -2.44. The maximum Gasteiger partial charge on any atom is 0.411 e. The maximum absolute atomic E-state index is 12.4. The number of nitrogens with zero attached hydrogens (tertiary/aromatic N) is 2. The van der Waals surface area contributed by atoms with Crippen LogP contribution in [0.25, 0.3) is 0 Å². The molecule has 0 N–H and O–H groups in total. The van der Waals surface area contributed by atoms with Crippen LogP contribution in [-0.2, 0) is 9.57 Å². The third kappa shape index (κ3) is 3.32. The van der Waals surface area contributed by atoms with E-state index >= 15 is 0 Å². The first kappa shape index (κ1) is 14.9. The largest absolute Gasteiger partial charge is 0.444 e. The number of ether oxygens (including phenoxy) is 1. The average Bonchev–Trinajstić information content (AvgIpc) is 2.64. The summed E-state index contributed by atoms with van der Waals surface area (Å²) in [6.07, 6.45) is 7.60. The molecule has 0 spiro atoms. The molecule has 5 nitrogen and oxygen atoms in total. The molecule has 2 aliphatic heterocycles. The van der Waals surface area contributed by atoms with Crippen molar-refractivity contribution in [3.8, 4) is 0 Å². The summed E-state index contributed by atoms with van der Waals surface area (Å²) in [7, 11) is 1.52. The maximum atomic E-state index is 12.4. The van der Waals surface area contributed by atoms with E-state index in [2.05, 4.69) is 11.2 Å². The number of rotatable bonds is 2. The van der Waals surface area contributed by atoms with Crippen molar-refractivity contribution in [1.82, 2.24) is 4.90 Å². The highest BCUT2D eigenvalue weighted by atomic mass is 16.6. The quantitative estimate of drug-likeness (QED) is 0.577. The second-order valence-corrected chi connectivity index (χ2v) is 6.33. The van der Waals surface area contributed by atoms with Crippen molar-refractivity contribution >= 4 is 12.3 Å². The lowest BCUT2D eigenvalue weighted by atomic mass is 10.0. The normalized spacial score (nSPS) is 26.4. The Morgan fingerprint density at radius 2 is 2.15 bits per heavy atom. The van der Waals surface area contributed by atoms with Gasteiger partial charge in [-0.25, -0.2) is 4.79 Å². The molecule has 2 rings (SSSR count). The Balaban J connectivity index is 2.18. The number of hydrogen-bond acceptors (Lipinski definition) is 4. The molecule has 0 aromatic rings. The van der Waals surface area contributed by atoms with Gasteiger partial charge in [0.2, 0.25) is 0 Å². The molecule has 2 heterocycles. The van der Waals surface area contributed by atoms with Gasteiger partial charge in [0.25, 0.3) is 0 Å². The second kappa shape index (κ2) is 5.85. The number of carbonyl (C=O) groups excluding carboxylic acids is 1. The minimum atomic E-state index is -0.465. The molecular formula is C15H24N2O3. The first-order chi connectivity index (χ1) is 9.42. The molecule has 1 fully saturated rings. The molecule has 1 amide bonds.